The number of nitrogens with zero attached hydrogens (tertiary/aromatic N) is 4. The molecular formula is C14H17N5. The molecule has 0 aromatic heterocycles. The number of hydrogen-bond acceptors (Lipinski definition) is 3. The molecule has 0 spiro atoms. The second-order valence-corrected chi connectivity index (χ2v) is 4.87. The van der Waals surface area contributed by atoms with Crippen molar-refractivity contribution in [3.63, 3.8) is 0 Å². The molecule has 0 fully saturated rings. The number of hydrogen-bond donors (Lipinski definition) is 1. The van der Waals surface area contributed by atoms with Crippen LogP contribution in [0.1, 0.15) is 24.0 Å². The first-order valence-corrected chi connectivity index (χ1v) is 6.53. The van der Waals surface area contributed by atoms with Crippen LogP contribution in [-0.2, 0) is 12.8 Å². The molecular weight excluding hydrogens is 238 g/mol. The maximum Gasteiger partial charge on any atom is 0.111 e. The van der Waals surface area contributed by atoms with E-state index in [1.807, 2.05) is 12.1 Å². The molecule has 1 N–H and O–H groups in total. The predicted octanol–water partition coefficient (Wildman–Crippen LogP) is 2.73. The minimum absolute atomic E-state index is 0.468. The van der Waals surface area contributed by atoms with Gasteiger partial charge in [0, 0.05) is 17.9 Å². The number of rotatable bonds is 5. The summed E-state index contributed by atoms with van der Waals surface area (Å²) in [5, 5.41) is 16.3. The fraction of sp³-hybridized carbons (Fsp3) is 0.500. The van der Waals surface area contributed by atoms with Crippen LogP contribution in [0.15, 0.2) is 29.4 Å². The molecule has 1 unspecified atom stereocenters. The molecule has 1 aliphatic rings. The summed E-state index contributed by atoms with van der Waals surface area (Å²) in [4.78, 5) is 2.72. The molecule has 2 rings (SSSR count). The minimum Gasteiger partial charge on any atom is -0.299 e. The van der Waals surface area contributed by atoms with Crippen LogP contribution >= 0.6 is 0 Å². The molecule has 0 bridgehead atoms. The van der Waals surface area contributed by atoms with Gasteiger partial charge >= 0.3 is 0 Å². The van der Waals surface area contributed by atoms with Crippen LogP contribution in [0.4, 0.5) is 0 Å². The molecule has 0 saturated carbocycles. The van der Waals surface area contributed by atoms with Crippen molar-refractivity contribution in [2.24, 2.45) is 5.11 Å². The second kappa shape index (κ2) is 6.24. The van der Waals surface area contributed by atoms with Crippen LogP contribution in [0.3, 0.4) is 0 Å². The third-order valence-electron chi connectivity index (χ3n) is 3.61. The summed E-state index contributed by atoms with van der Waals surface area (Å²) in [6, 6.07) is 10.7. The zero-order valence-corrected chi connectivity index (χ0v) is 10.8. The second-order valence-electron chi connectivity index (χ2n) is 4.87. The lowest BCUT2D eigenvalue weighted by atomic mass is 9.79. The van der Waals surface area contributed by atoms with Crippen molar-refractivity contribution >= 4 is 0 Å². The SMILES string of the molecule is N#CC1(NCCCN=[N+]=[N-])CCc2ccccc2C1. The van der Waals surface area contributed by atoms with Crippen LogP contribution in [0.25, 0.3) is 10.4 Å². The Labute approximate surface area is 112 Å². The molecule has 0 amide bonds. The third kappa shape index (κ3) is 3.25. The number of fused-ring (bicyclic) bond motifs is 1. The Morgan fingerprint density at radius 2 is 2.21 bits per heavy atom. The van der Waals surface area contributed by atoms with E-state index in [0.717, 1.165) is 25.7 Å². The maximum absolute atomic E-state index is 9.48. The van der Waals surface area contributed by atoms with Crippen LogP contribution in [0.2, 0.25) is 0 Å². The summed E-state index contributed by atoms with van der Waals surface area (Å²) in [5.41, 5.74) is 10.4. The fourth-order valence-electron chi connectivity index (χ4n) is 2.54. The fourth-order valence-corrected chi connectivity index (χ4v) is 2.54. The van der Waals surface area contributed by atoms with Crippen molar-refractivity contribution in [3.05, 3.63) is 45.8 Å². The van der Waals surface area contributed by atoms with Crippen molar-refractivity contribution in [1.82, 2.24) is 5.32 Å². The number of nitrogens with one attached hydrogen (secondary N) is 1. The lowest BCUT2D eigenvalue weighted by Gasteiger charge is -2.33. The van der Waals surface area contributed by atoms with Gasteiger partial charge in [-0.05, 0) is 42.5 Å². The third-order valence-corrected chi connectivity index (χ3v) is 3.61. The summed E-state index contributed by atoms with van der Waals surface area (Å²) in [6.45, 7) is 1.18. The first-order chi connectivity index (χ1) is 9.29. The van der Waals surface area contributed by atoms with Gasteiger partial charge in [0.1, 0.15) is 5.54 Å². The highest BCUT2D eigenvalue weighted by molar-refractivity contribution is 5.34. The zero-order valence-electron chi connectivity index (χ0n) is 10.8. The van der Waals surface area contributed by atoms with E-state index in [9.17, 15) is 5.26 Å². The van der Waals surface area contributed by atoms with Crippen molar-refractivity contribution < 1.29 is 0 Å². The Bertz CT molecular complexity index is 527. The van der Waals surface area contributed by atoms with Gasteiger partial charge in [-0.2, -0.15) is 5.26 Å². The van der Waals surface area contributed by atoms with Crippen LogP contribution in [0, 0.1) is 11.3 Å². The average Bonchev–Trinajstić information content (AvgIpc) is 2.47. The van der Waals surface area contributed by atoms with Gasteiger partial charge in [-0.15, -0.1) is 0 Å². The van der Waals surface area contributed by atoms with Crippen LogP contribution < -0.4 is 5.32 Å². The topological polar surface area (TPSA) is 84.6 Å². The summed E-state index contributed by atoms with van der Waals surface area (Å²) >= 11 is 0. The standard InChI is InChI=1S/C14H17N5/c15-11-14(17-8-3-9-18-19-16)7-6-12-4-1-2-5-13(12)10-14/h1-2,4-5,17H,3,6-10H2. The smallest absolute Gasteiger partial charge is 0.111 e. The molecule has 5 heteroatoms. The maximum atomic E-state index is 9.48. The van der Waals surface area contributed by atoms with E-state index in [1.165, 1.54) is 11.1 Å². The van der Waals surface area contributed by atoms with Crippen LogP contribution in [-0.4, -0.2) is 18.6 Å². The number of nitriles is 1. The average molecular weight is 255 g/mol. The molecule has 0 saturated heterocycles. The van der Waals surface area contributed by atoms with Crippen LogP contribution in [0.5, 0.6) is 0 Å². The molecule has 0 heterocycles. The quantitative estimate of drug-likeness (QED) is 0.379. The van der Waals surface area contributed by atoms with Crippen molar-refractivity contribution in [1.29, 1.82) is 5.26 Å². The normalized spacial score (nSPS) is 21.0. The van der Waals surface area contributed by atoms with Gasteiger partial charge in [-0.25, -0.2) is 0 Å². The summed E-state index contributed by atoms with van der Waals surface area (Å²) in [6.07, 6.45) is 3.28. The highest BCUT2D eigenvalue weighted by Crippen LogP contribution is 2.28. The van der Waals surface area contributed by atoms with E-state index in [1.54, 1.807) is 0 Å². The monoisotopic (exact) mass is 255 g/mol. The largest absolute Gasteiger partial charge is 0.299 e. The van der Waals surface area contributed by atoms with Gasteiger partial charge in [0.25, 0.3) is 0 Å². The summed E-state index contributed by atoms with van der Waals surface area (Å²) in [5.74, 6) is 0. The molecule has 0 radical (unpaired) electrons. The highest BCUT2D eigenvalue weighted by atomic mass is 15.1. The van der Waals surface area contributed by atoms with E-state index in [-0.39, 0.29) is 0 Å². The first-order valence-electron chi connectivity index (χ1n) is 6.53. The highest BCUT2D eigenvalue weighted by Gasteiger charge is 2.33. The Morgan fingerprint density at radius 3 is 2.95 bits per heavy atom. The van der Waals surface area contributed by atoms with Gasteiger partial charge < -0.3 is 0 Å². The molecule has 19 heavy (non-hydrogen) atoms. The number of azide groups is 1. The van der Waals surface area contributed by atoms with E-state index in [4.69, 9.17) is 5.53 Å². The Hall–Kier alpha value is -2.02. The minimum atomic E-state index is -0.468. The van der Waals surface area contributed by atoms with Gasteiger partial charge in [-0.1, -0.05) is 29.4 Å². The Balaban J connectivity index is 1.97. The summed E-state index contributed by atoms with van der Waals surface area (Å²) < 4.78 is 0. The Kier molecular flexibility index (Phi) is 4.40. The first kappa shape index (κ1) is 13.4. The molecule has 1 aromatic carbocycles. The van der Waals surface area contributed by atoms with Gasteiger partial charge in [0.05, 0.1) is 6.07 Å². The van der Waals surface area contributed by atoms with E-state index >= 15 is 0 Å². The molecule has 5 nitrogen and oxygen atoms in total. The molecule has 98 valence electrons. The lowest BCUT2D eigenvalue weighted by molar-refractivity contribution is 0.365. The predicted molar refractivity (Wildman–Crippen MR) is 73.4 cm³/mol. The van der Waals surface area contributed by atoms with Crippen molar-refractivity contribution in [2.75, 3.05) is 13.1 Å². The van der Waals surface area contributed by atoms with Gasteiger partial charge in [0.2, 0.25) is 0 Å². The van der Waals surface area contributed by atoms with Gasteiger partial charge in [-0.3, -0.25) is 5.32 Å². The molecule has 1 aromatic rings. The van der Waals surface area contributed by atoms with E-state index in [0.29, 0.717) is 13.1 Å². The molecule has 0 aliphatic heterocycles. The molecule has 1 atom stereocenters. The summed E-state index contributed by atoms with van der Waals surface area (Å²) in [7, 11) is 0. The van der Waals surface area contributed by atoms with Crippen molar-refractivity contribution in [3.8, 4) is 6.07 Å². The number of benzene rings is 1. The van der Waals surface area contributed by atoms with Gasteiger partial charge in [0.15, 0.2) is 0 Å². The Morgan fingerprint density at radius 1 is 1.42 bits per heavy atom. The zero-order chi connectivity index (χ0) is 13.6. The number of aryl methyl sites for hydroxylation is 1. The van der Waals surface area contributed by atoms with E-state index < -0.39 is 5.54 Å². The molecule has 1 aliphatic carbocycles. The van der Waals surface area contributed by atoms with Crippen molar-refractivity contribution in [2.45, 2.75) is 31.2 Å². The lowest BCUT2D eigenvalue weighted by Crippen LogP contribution is -2.48. The van der Waals surface area contributed by atoms with E-state index in [2.05, 4.69) is 33.5 Å².